The van der Waals surface area contributed by atoms with Gasteiger partial charge in [-0.1, -0.05) is 54.6 Å². The molecule has 2 aliphatic heterocycles. The van der Waals surface area contributed by atoms with Crippen LogP contribution in [0.1, 0.15) is 53.1 Å². The highest BCUT2D eigenvalue weighted by atomic mass is 32.2. The maximum absolute atomic E-state index is 13.1. The summed E-state index contributed by atoms with van der Waals surface area (Å²) in [6, 6.07) is 25.1. The van der Waals surface area contributed by atoms with Crippen LogP contribution in [0.2, 0.25) is 0 Å². The predicted molar refractivity (Wildman–Crippen MR) is 226 cm³/mol. The van der Waals surface area contributed by atoms with Gasteiger partial charge in [0.05, 0.1) is 45.6 Å². The van der Waals surface area contributed by atoms with Crippen molar-refractivity contribution in [2.45, 2.75) is 68.3 Å². The molecule has 6 atom stereocenters. The second-order valence-corrected chi connectivity index (χ2v) is 16.5. The summed E-state index contributed by atoms with van der Waals surface area (Å²) in [6.45, 7) is 3.17. The van der Waals surface area contributed by atoms with E-state index in [0.717, 1.165) is 16.7 Å². The summed E-state index contributed by atoms with van der Waals surface area (Å²) in [7, 11) is 0.445. The largest absolute Gasteiger partial charge is 0.497 e. The Kier molecular flexibility index (Phi) is 14.1. The molecule has 3 aromatic carbocycles. The Hall–Kier alpha value is -4.88. The predicted octanol–water partition coefficient (Wildman–Crippen LogP) is 3.98. The van der Waals surface area contributed by atoms with Gasteiger partial charge >= 0.3 is 20.0 Å². The van der Waals surface area contributed by atoms with Gasteiger partial charge in [-0.05, 0) is 54.8 Å². The highest BCUT2D eigenvalue weighted by molar-refractivity contribution is 7.99. The molecule has 5 aromatic rings. The molecule has 0 aliphatic carbocycles. The van der Waals surface area contributed by atoms with Gasteiger partial charge < -0.3 is 42.7 Å². The molecule has 2 saturated heterocycles. The number of ether oxygens (including phenoxy) is 6. The van der Waals surface area contributed by atoms with Crippen molar-refractivity contribution in [1.29, 1.82) is 0 Å². The average Bonchev–Trinajstić information content (AvgIpc) is 3.86. The minimum absolute atomic E-state index is 0.0444. The Balaban J connectivity index is 1.15. The topological polar surface area (TPSA) is 215 Å². The number of aryl methyl sites for hydroxylation is 2. The molecule has 2 fully saturated rings. The van der Waals surface area contributed by atoms with Crippen LogP contribution < -0.4 is 32.0 Å². The van der Waals surface area contributed by atoms with Crippen LogP contribution in [-0.2, 0) is 29.1 Å². The van der Waals surface area contributed by atoms with E-state index in [1.54, 1.807) is 28.1 Å². The molecule has 2 aromatic heterocycles. The van der Waals surface area contributed by atoms with Crippen LogP contribution in [0.5, 0.6) is 11.5 Å². The van der Waals surface area contributed by atoms with Crippen LogP contribution >= 0.6 is 20.4 Å². The minimum atomic E-state index is -2.76. The summed E-state index contributed by atoms with van der Waals surface area (Å²) < 4.78 is 45.0. The second-order valence-electron chi connectivity index (χ2n) is 14.6. The Morgan fingerprint density at radius 3 is 1.75 bits per heavy atom. The maximum Gasteiger partial charge on any atom is 0.330 e. The number of hydrogen-bond acceptors (Lipinski definition) is 14. The number of thioether (sulfide) groups is 1. The van der Waals surface area contributed by atoms with E-state index in [0.29, 0.717) is 29.0 Å². The third kappa shape index (κ3) is 9.78. The lowest BCUT2D eigenvalue weighted by Gasteiger charge is -2.37. The molecule has 0 bridgehead atoms. The zero-order valence-corrected chi connectivity index (χ0v) is 35.5. The van der Waals surface area contributed by atoms with Crippen molar-refractivity contribution in [1.82, 2.24) is 19.1 Å². The van der Waals surface area contributed by atoms with E-state index in [2.05, 4.69) is 9.97 Å². The Labute approximate surface area is 355 Å². The first kappa shape index (κ1) is 44.2. The van der Waals surface area contributed by atoms with Crippen molar-refractivity contribution < 1.29 is 42.7 Å². The lowest BCUT2D eigenvalue weighted by molar-refractivity contribution is -0.0767. The average molecular weight is 879 g/mol. The molecular weight excluding hydrogens is 832 g/mol. The van der Waals surface area contributed by atoms with Gasteiger partial charge in [0.2, 0.25) is 0 Å². The molecule has 17 nitrogen and oxygen atoms in total. The molecular formula is C42H47N4O13PS. The van der Waals surface area contributed by atoms with Crippen LogP contribution in [-0.4, -0.2) is 85.8 Å². The highest BCUT2D eigenvalue weighted by Gasteiger charge is 2.44. The summed E-state index contributed by atoms with van der Waals surface area (Å²) in [5, 5.41) is -0.306. The molecule has 0 saturated carbocycles. The molecule has 4 N–H and O–H groups in total. The standard InChI is InChI=1S/C42H47N4O13PS/c1-25-20-45(40(49)43-38(25)47)36-18-32(59-60(51)52)33(57-36)22-55-24-61-35-19-37(46-21-26(2)39(48)44-41(46)50)58-34(35)23-56-42(27-8-6-5-7-9-27,28-10-14-30(53-3)15-11-28)29-12-16-31(54-4)17-13-29/h5-17,20-21,32-37,51-52H,18-19,22-24H2,1-4H3,(H,43,47,49)(H,44,48,50)/t32-,33+,34+,35-,36+,37+/m0/s1. The van der Waals surface area contributed by atoms with Gasteiger partial charge in [-0.15, -0.1) is 11.8 Å². The second kappa shape index (κ2) is 19.4. The van der Waals surface area contributed by atoms with Crippen molar-refractivity contribution in [3.63, 3.8) is 0 Å². The van der Waals surface area contributed by atoms with Crippen molar-refractivity contribution >= 4 is 20.4 Å². The molecule has 0 spiro atoms. The van der Waals surface area contributed by atoms with E-state index in [4.69, 9.17) is 32.9 Å². The van der Waals surface area contributed by atoms with E-state index in [1.807, 2.05) is 78.9 Å². The molecule has 324 valence electrons. The summed E-state index contributed by atoms with van der Waals surface area (Å²) in [6.07, 6.45) is -0.578. The number of methoxy groups -OCH3 is 2. The van der Waals surface area contributed by atoms with Gasteiger partial charge in [0.25, 0.3) is 11.1 Å². The molecule has 0 amide bonds. The van der Waals surface area contributed by atoms with Gasteiger partial charge in [0.1, 0.15) is 35.7 Å². The van der Waals surface area contributed by atoms with E-state index >= 15 is 0 Å². The van der Waals surface area contributed by atoms with Crippen molar-refractivity contribution in [2.24, 2.45) is 0 Å². The smallest absolute Gasteiger partial charge is 0.330 e. The fourth-order valence-corrected chi connectivity index (χ4v) is 9.12. The first-order valence-corrected chi connectivity index (χ1v) is 21.6. The Bertz CT molecular complexity index is 2450. The first-order valence-electron chi connectivity index (χ1n) is 19.4. The molecule has 7 rings (SSSR count). The molecule has 0 unspecified atom stereocenters. The van der Waals surface area contributed by atoms with E-state index in [-0.39, 0.29) is 30.8 Å². The van der Waals surface area contributed by atoms with E-state index in [1.165, 1.54) is 33.3 Å². The van der Waals surface area contributed by atoms with Crippen molar-refractivity contribution in [3.05, 3.63) is 161 Å². The van der Waals surface area contributed by atoms with Gasteiger partial charge in [0.15, 0.2) is 0 Å². The summed E-state index contributed by atoms with van der Waals surface area (Å²) >= 11 is 1.42. The third-order valence-electron chi connectivity index (χ3n) is 10.8. The molecule has 0 radical (unpaired) electrons. The van der Waals surface area contributed by atoms with Gasteiger partial charge in [-0.3, -0.25) is 28.7 Å². The fraction of sp³-hybridized carbons (Fsp3) is 0.381. The molecule has 61 heavy (non-hydrogen) atoms. The van der Waals surface area contributed by atoms with E-state index in [9.17, 15) is 29.0 Å². The Morgan fingerprint density at radius 1 is 0.721 bits per heavy atom. The number of benzene rings is 3. The third-order valence-corrected chi connectivity index (χ3v) is 12.5. The minimum Gasteiger partial charge on any atom is -0.497 e. The number of aromatic amines is 2. The lowest BCUT2D eigenvalue weighted by atomic mass is 9.80. The summed E-state index contributed by atoms with van der Waals surface area (Å²) in [5.74, 6) is 1.45. The molecule has 4 heterocycles. The monoisotopic (exact) mass is 878 g/mol. The van der Waals surface area contributed by atoms with E-state index < -0.39 is 67.5 Å². The number of aromatic nitrogens is 4. The van der Waals surface area contributed by atoms with Crippen LogP contribution in [0.3, 0.4) is 0 Å². The number of nitrogens with one attached hydrogen (secondary N) is 2. The van der Waals surface area contributed by atoms with Gasteiger partial charge in [0, 0.05) is 41.6 Å². The van der Waals surface area contributed by atoms with Crippen molar-refractivity contribution in [2.75, 3.05) is 33.4 Å². The lowest BCUT2D eigenvalue weighted by Crippen LogP contribution is -2.38. The van der Waals surface area contributed by atoms with Crippen LogP contribution in [0, 0.1) is 13.8 Å². The quantitative estimate of drug-likeness (QED) is 0.0451. The summed E-state index contributed by atoms with van der Waals surface area (Å²) in [5.41, 5.74) is -0.324. The first-order chi connectivity index (χ1) is 29.4. The number of hydrogen-bond donors (Lipinski definition) is 4. The highest BCUT2D eigenvalue weighted by Crippen LogP contribution is 2.44. The summed E-state index contributed by atoms with van der Waals surface area (Å²) in [4.78, 5) is 74.1. The van der Waals surface area contributed by atoms with Crippen LogP contribution in [0.15, 0.2) is 110 Å². The normalized spacial score (nSPS) is 21.6. The molecule has 19 heteroatoms. The number of nitrogens with zero attached hydrogens (tertiary/aromatic N) is 2. The van der Waals surface area contributed by atoms with Crippen LogP contribution in [0.4, 0.5) is 0 Å². The van der Waals surface area contributed by atoms with Crippen molar-refractivity contribution in [3.8, 4) is 11.5 Å². The SMILES string of the molecule is COc1ccc(C(OC[C@H]2O[C@@H](n3cc(C)c(=O)[nH]c3=O)C[C@@H]2SCOC[C@H]2O[C@@H](n3cc(C)c(=O)[nH]c3=O)C[C@@H]2OP(O)O)(c2ccccc2)c2ccc(OC)cc2)cc1. The van der Waals surface area contributed by atoms with Crippen LogP contribution in [0.25, 0.3) is 0 Å². The molecule has 2 aliphatic rings. The number of rotatable bonds is 17. The van der Waals surface area contributed by atoms with Gasteiger partial charge in [-0.25, -0.2) is 9.59 Å². The number of H-pyrrole nitrogens is 2. The fourth-order valence-electron chi connectivity index (χ4n) is 7.63. The maximum atomic E-state index is 13.1. The zero-order chi connectivity index (χ0) is 43.3. The zero-order valence-electron chi connectivity index (χ0n) is 33.8. The van der Waals surface area contributed by atoms with Gasteiger partial charge in [-0.2, -0.15) is 0 Å². The Morgan fingerprint density at radius 2 is 1.23 bits per heavy atom.